The van der Waals surface area contributed by atoms with Gasteiger partial charge in [0.2, 0.25) is 0 Å². The van der Waals surface area contributed by atoms with Gasteiger partial charge in [0.05, 0.1) is 5.69 Å². The van der Waals surface area contributed by atoms with E-state index < -0.39 is 0 Å². The monoisotopic (exact) mass is 643 g/mol. The van der Waals surface area contributed by atoms with Gasteiger partial charge in [-0.2, -0.15) is 0 Å². The van der Waals surface area contributed by atoms with E-state index in [4.69, 9.17) is 4.42 Å². The molecule has 49 heavy (non-hydrogen) atoms. The summed E-state index contributed by atoms with van der Waals surface area (Å²) in [6, 6.07) is 63.3. The van der Waals surface area contributed by atoms with Crippen molar-refractivity contribution in [1.82, 2.24) is 0 Å². The summed E-state index contributed by atoms with van der Waals surface area (Å²) in [6.07, 6.45) is 0. The van der Waals surface area contributed by atoms with Gasteiger partial charge in [0.25, 0.3) is 0 Å². The molecule has 10 aromatic rings. The highest BCUT2D eigenvalue weighted by Gasteiger charge is 2.20. The van der Waals surface area contributed by atoms with Gasteiger partial charge in [-0.05, 0) is 93.7 Å². The molecule has 0 atom stereocenters. The highest BCUT2D eigenvalue weighted by molar-refractivity contribution is 7.26. The molecule has 0 amide bonds. The Morgan fingerprint density at radius 1 is 0.408 bits per heavy atom. The first-order chi connectivity index (χ1) is 24.3. The van der Waals surface area contributed by atoms with Gasteiger partial charge in [-0.15, -0.1) is 11.3 Å². The first-order valence-electron chi connectivity index (χ1n) is 16.6. The normalized spacial score (nSPS) is 11.7. The van der Waals surface area contributed by atoms with Crippen molar-refractivity contribution in [2.24, 2.45) is 0 Å². The van der Waals surface area contributed by atoms with Gasteiger partial charge in [0.15, 0.2) is 0 Å². The summed E-state index contributed by atoms with van der Waals surface area (Å²) in [6.45, 7) is 0. The molecule has 0 N–H and O–H groups in total. The molecule has 8 aromatic carbocycles. The average Bonchev–Trinajstić information content (AvgIpc) is 3.74. The molecule has 0 aliphatic rings. The molecule has 0 unspecified atom stereocenters. The number of para-hydroxylation sites is 1. The molecule has 0 saturated heterocycles. The van der Waals surface area contributed by atoms with Crippen LogP contribution in [-0.2, 0) is 0 Å². The van der Waals surface area contributed by atoms with Crippen molar-refractivity contribution in [3.8, 4) is 22.3 Å². The smallest absolute Gasteiger partial charge is 0.136 e. The van der Waals surface area contributed by atoms with Crippen LogP contribution in [0.5, 0.6) is 0 Å². The van der Waals surface area contributed by atoms with Crippen molar-refractivity contribution < 1.29 is 4.42 Å². The van der Waals surface area contributed by atoms with Gasteiger partial charge >= 0.3 is 0 Å². The molecule has 0 radical (unpaired) electrons. The predicted molar refractivity (Wildman–Crippen MR) is 210 cm³/mol. The van der Waals surface area contributed by atoms with Gasteiger partial charge < -0.3 is 9.32 Å². The second-order valence-corrected chi connectivity index (χ2v) is 13.6. The number of hydrogen-bond donors (Lipinski definition) is 0. The van der Waals surface area contributed by atoms with Crippen LogP contribution in [0.3, 0.4) is 0 Å². The third-order valence-electron chi connectivity index (χ3n) is 9.65. The fourth-order valence-electron chi connectivity index (χ4n) is 7.37. The van der Waals surface area contributed by atoms with Crippen LogP contribution in [0.4, 0.5) is 17.1 Å². The van der Waals surface area contributed by atoms with E-state index in [0.29, 0.717) is 0 Å². The number of rotatable bonds is 5. The number of fused-ring (bicyclic) bond motifs is 7. The summed E-state index contributed by atoms with van der Waals surface area (Å²) in [7, 11) is 0. The highest BCUT2D eigenvalue weighted by atomic mass is 32.1. The first kappa shape index (κ1) is 27.9. The topological polar surface area (TPSA) is 16.4 Å². The fraction of sp³-hybridized carbons (Fsp3) is 0. The minimum Gasteiger partial charge on any atom is -0.456 e. The van der Waals surface area contributed by atoms with E-state index in [1.54, 1.807) is 0 Å². The van der Waals surface area contributed by atoms with Crippen LogP contribution in [0.1, 0.15) is 0 Å². The largest absolute Gasteiger partial charge is 0.456 e. The zero-order chi connectivity index (χ0) is 32.3. The van der Waals surface area contributed by atoms with Crippen molar-refractivity contribution in [2.45, 2.75) is 0 Å². The molecular weight excluding hydrogens is 615 g/mol. The van der Waals surface area contributed by atoms with Crippen LogP contribution in [0.25, 0.3) is 75.1 Å². The Balaban J connectivity index is 1.17. The quantitative estimate of drug-likeness (QED) is 0.186. The maximum absolute atomic E-state index is 6.27. The van der Waals surface area contributed by atoms with Crippen molar-refractivity contribution in [3.05, 3.63) is 176 Å². The van der Waals surface area contributed by atoms with E-state index in [0.717, 1.165) is 50.1 Å². The van der Waals surface area contributed by atoms with Gasteiger partial charge in [0, 0.05) is 42.3 Å². The molecule has 2 nitrogen and oxygen atoms in total. The number of nitrogens with zero attached hydrogens (tertiary/aromatic N) is 1. The molecule has 0 fully saturated rings. The van der Waals surface area contributed by atoms with Crippen molar-refractivity contribution in [1.29, 1.82) is 0 Å². The molecule has 0 aliphatic carbocycles. The van der Waals surface area contributed by atoms with Gasteiger partial charge in [-0.3, -0.25) is 0 Å². The molecule has 0 spiro atoms. The third kappa shape index (κ3) is 4.62. The molecule has 0 saturated carbocycles. The summed E-state index contributed by atoms with van der Waals surface area (Å²) >= 11 is 1.85. The molecule has 0 bridgehead atoms. The van der Waals surface area contributed by atoms with E-state index in [2.05, 4.69) is 169 Å². The lowest BCUT2D eigenvalue weighted by Gasteiger charge is -2.27. The Morgan fingerprint density at radius 2 is 1.12 bits per heavy atom. The van der Waals surface area contributed by atoms with Gasteiger partial charge in [-0.1, -0.05) is 115 Å². The minimum absolute atomic E-state index is 0.903. The lowest BCUT2D eigenvalue weighted by Crippen LogP contribution is -2.10. The van der Waals surface area contributed by atoms with Gasteiger partial charge in [-0.25, -0.2) is 0 Å². The van der Waals surface area contributed by atoms with E-state index in [-0.39, 0.29) is 0 Å². The van der Waals surface area contributed by atoms with Crippen LogP contribution in [0.15, 0.2) is 180 Å². The van der Waals surface area contributed by atoms with Crippen LogP contribution in [-0.4, -0.2) is 0 Å². The zero-order valence-electron chi connectivity index (χ0n) is 26.5. The van der Waals surface area contributed by atoms with Gasteiger partial charge in [0.1, 0.15) is 11.2 Å². The molecule has 0 aliphatic heterocycles. The zero-order valence-corrected chi connectivity index (χ0v) is 27.3. The Hall–Kier alpha value is -6.16. The Kier molecular flexibility index (Phi) is 6.39. The summed E-state index contributed by atoms with van der Waals surface area (Å²) in [5.74, 6) is 0. The average molecular weight is 644 g/mol. The lowest BCUT2D eigenvalue weighted by molar-refractivity contribution is 0.669. The Bertz CT molecular complexity index is 2840. The molecule has 2 heterocycles. The fourth-order valence-corrected chi connectivity index (χ4v) is 8.50. The van der Waals surface area contributed by atoms with E-state index in [1.807, 2.05) is 23.5 Å². The summed E-state index contributed by atoms with van der Waals surface area (Å²) in [5.41, 5.74) is 9.90. The molecule has 3 heteroatoms. The standard InChI is InChI=1S/C46H29NOS/c1-2-11-32-28-33(23-22-30(32)10-1)31-24-26-35(27-25-31)47(40-17-9-21-44-46(40)39-15-4-6-20-43(39)49-44)36-13-7-12-34(29-36)37-16-8-19-42-45(37)38-14-3-5-18-41(38)48-42/h1-29H. The lowest BCUT2D eigenvalue weighted by atomic mass is 9.98. The summed E-state index contributed by atoms with van der Waals surface area (Å²) in [4.78, 5) is 2.42. The minimum atomic E-state index is 0.903. The maximum atomic E-state index is 6.27. The van der Waals surface area contributed by atoms with Crippen molar-refractivity contribution in [2.75, 3.05) is 4.90 Å². The first-order valence-corrected chi connectivity index (χ1v) is 17.4. The third-order valence-corrected chi connectivity index (χ3v) is 10.8. The summed E-state index contributed by atoms with van der Waals surface area (Å²) in [5, 5.41) is 7.33. The predicted octanol–water partition coefficient (Wildman–Crippen LogP) is 13.9. The molecule has 10 rings (SSSR count). The summed E-state index contributed by atoms with van der Waals surface area (Å²) < 4.78 is 8.85. The van der Waals surface area contributed by atoms with Crippen molar-refractivity contribution in [3.63, 3.8) is 0 Å². The Labute approximate surface area is 287 Å². The van der Waals surface area contributed by atoms with E-state index in [9.17, 15) is 0 Å². The maximum Gasteiger partial charge on any atom is 0.136 e. The molecular formula is C46H29NOS. The molecule has 2 aromatic heterocycles. The SMILES string of the molecule is c1cc(-c2cccc3oc4ccccc4c23)cc(N(c2ccc(-c3ccc4ccccc4c3)cc2)c2cccc3sc4ccccc4c23)c1. The second kappa shape index (κ2) is 11.2. The Morgan fingerprint density at radius 3 is 2.04 bits per heavy atom. The highest BCUT2D eigenvalue weighted by Crippen LogP contribution is 2.46. The van der Waals surface area contributed by atoms with Crippen LogP contribution in [0.2, 0.25) is 0 Å². The van der Waals surface area contributed by atoms with E-state index >= 15 is 0 Å². The number of furan rings is 1. The van der Waals surface area contributed by atoms with Crippen LogP contribution < -0.4 is 4.90 Å². The van der Waals surface area contributed by atoms with Crippen LogP contribution >= 0.6 is 11.3 Å². The second-order valence-electron chi connectivity index (χ2n) is 12.5. The van der Waals surface area contributed by atoms with E-state index in [1.165, 1.54) is 42.1 Å². The number of anilines is 3. The number of hydrogen-bond acceptors (Lipinski definition) is 3. The molecule has 230 valence electrons. The number of benzene rings is 8. The van der Waals surface area contributed by atoms with Crippen molar-refractivity contribution >= 4 is 81.3 Å². The van der Waals surface area contributed by atoms with Crippen LogP contribution in [0, 0.1) is 0 Å². The number of thiophene rings is 1.